The number of carbonyl (C=O) groups excluding carboxylic acids is 1. The Morgan fingerprint density at radius 3 is 2.05 bits per heavy atom. The van der Waals surface area contributed by atoms with Gasteiger partial charge in [-0.3, -0.25) is 9.36 Å². The standard InChI is InChI=1S/C45H49N4O8P/c1-30(2)42(50)46-40-25-26-48(43(51)47-40)41-28-37(56-58-49-27-24-39(49)44(3,57-58)31-12-8-6-9-13-31)38(55-41)29-54-45(32-14-10-7-11-15-32,33-16-20-35(52-4)21-17-33)34-18-22-36(53-5)23-19-34/h6-23,25-26,30,37-39,41H,24,27-29H2,1-5H3,(H,46,47,50,51)/t37-,38+,39-,41+,44+,58?/m0/s1. The number of aromatic nitrogens is 2. The molecular formula is C45H49N4O8P. The van der Waals surface area contributed by atoms with Gasteiger partial charge in [0, 0.05) is 25.1 Å². The molecule has 1 amide bonds. The summed E-state index contributed by atoms with van der Waals surface area (Å²) in [6, 6.07) is 37.9. The first-order chi connectivity index (χ1) is 28.1. The van der Waals surface area contributed by atoms with Gasteiger partial charge in [-0.1, -0.05) is 98.8 Å². The minimum atomic E-state index is -1.49. The second kappa shape index (κ2) is 16.7. The second-order valence-corrected chi connectivity index (χ2v) is 16.6. The number of hydrogen-bond acceptors (Lipinski definition) is 10. The minimum absolute atomic E-state index is 0.0847. The van der Waals surface area contributed by atoms with Gasteiger partial charge < -0.3 is 33.3 Å². The Balaban J connectivity index is 1.15. The van der Waals surface area contributed by atoms with Gasteiger partial charge in [-0.25, -0.2) is 9.46 Å². The van der Waals surface area contributed by atoms with Gasteiger partial charge in [0.25, 0.3) is 8.53 Å². The van der Waals surface area contributed by atoms with Crippen LogP contribution in [0.3, 0.4) is 0 Å². The maximum atomic E-state index is 13.6. The molecule has 3 saturated heterocycles. The maximum Gasteiger partial charge on any atom is 0.351 e. The average Bonchev–Trinajstić information content (AvgIpc) is 3.71. The van der Waals surface area contributed by atoms with Crippen LogP contribution in [0.2, 0.25) is 0 Å². The second-order valence-electron chi connectivity index (χ2n) is 15.2. The van der Waals surface area contributed by atoms with E-state index in [4.69, 9.17) is 28.0 Å². The molecule has 58 heavy (non-hydrogen) atoms. The molecule has 1 N–H and O–H groups in total. The van der Waals surface area contributed by atoms with E-state index in [1.807, 2.05) is 84.9 Å². The first-order valence-electron chi connectivity index (χ1n) is 19.6. The van der Waals surface area contributed by atoms with E-state index in [1.54, 1.807) is 40.3 Å². The summed E-state index contributed by atoms with van der Waals surface area (Å²) in [6.45, 7) is 6.64. The number of nitrogens with zero attached hydrogens (tertiary/aromatic N) is 3. The highest BCUT2D eigenvalue weighted by atomic mass is 31.2. The van der Waals surface area contributed by atoms with Crippen molar-refractivity contribution in [1.82, 2.24) is 14.2 Å². The largest absolute Gasteiger partial charge is 0.497 e. The van der Waals surface area contributed by atoms with Gasteiger partial charge in [-0.05, 0) is 65.9 Å². The number of fused-ring (bicyclic) bond motifs is 1. The van der Waals surface area contributed by atoms with Crippen molar-refractivity contribution in [2.24, 2.45) is 5.92 Å². The number of benzene rings is 4. The molecule has 0 radical (unpaired) electrons. The topological polar surface area (TPSA) is 123 Å². The van der Waals surface area contributed by atoms with E-state index in [-0.39, 0.29) is 30.3 Å². The van der Waals surface area contributed by atoms with Crippen LogP contribution in [0.5, 0.6) is 11.5 Å². The van der Waals surface area contributed by atoms with Crippen molar-refractivity contribution in [1.29, 1.82) is 0 Å². The molecule has 8 rings (SSSR count). The molecule has 3 fully saturated rings. The quantitative estimate of drug-likeness (QED) is 0.0880. The van der Waals surface area contributed by atoms with Crippen LogP contribution in [0.4, 0.5) is 5.82 Å². The van der Waals surface area contributed by atoms with Gasteiger partial charge in [0.15, 0.2) is 0 Å². The lowest BCUT2D eigenvalue weighted by Crippen LogP contribution is -2.50. The fraction of sp³-hybridized carbons (Fsp3) is 0.356. The van der Waals surface area contributed by atoms with E-state index in [2.05, 4.69) is 46.2 Å². The van der Waals surface area contributed by atoms with Gasteiger partial charge >= 0.3 is 5.69 Å². The summed E-state index contributed by atoms with van der Waals surface area (Å²) in [5.41, 5.74) is 1.56. The van der Waals surface area contributed by atoms with E-state index in [1.165, 1.54) is 4.57 Å². The number of amides is 1. The molecule has 1 aromatic heterocycles. The number of carbonyl (C=O) groups is 1. The zero-order chi connectivity index (χ0) is 40.4. The van der Waals surface area contributed by atoms with E-state index >= 15 is 0 Å². The lowest BCUT2D eigenvalue weighted by molar-refractivity contribution is -0.118. The molecule has 13 heteroatoms. The number of rotatable bonds is 14. The lowest BCUT2D eigenvalue weighted by atomic mass is 9.80. The fourth-order valence-corrected chi connectivity index (χ4v) is 10.1. The van der Waals surface area contributed by atoms with Crippen molar-refractivity contribution in [3.05, 3.63) is 154 Å². The van der Waals surface area contributed by atoms with Crippen molar-refractivity contribution in [2.45, 2.75) is 69.3 Å². The molecule has 4 heterocycles. The minimum Gasteiger partial charge on any atom is -0.497 e. The summed E-state index contributed by atoms with van der Waals surface area (Å²) >= 11 is 0. The summed E-state index contributed by atoms with van der Waals surface area (Å²) < 4.78 is 42.8. The third kappa shape index (κ3) is 7.56. The highest BCUT2D eigenvalue weighted by molar-refractivity contribution is 7.45. The first kappa shape index (κ1) is 39.9. The van der Waals surface area contributed by atoms with Gasteiger partial charge in [0.2, 0.25) is 5.91 Å². The first-order valence-corrected chi connectivity index (χ1v) is 20.8. The molecule has 6 atom stereocenters. The molecular weight excluding hydrogens is 755 g/mol. The molecule has 0 aliphatic carbocycles. The molecule has 1 unspecified atom stereocenters. The van der Waals surface area contributed by atoms with Crippen LogP contribution in [0.1, 0.15) is 62.1 Å². The summed E-state index contributed by atoms with van der Waals surface area (Å²) in [5.74, 6) is 1.12. The van der Waals surface area contributed by atoms with Gasteiger partial charge in [-0.2, -0.15) is 4.98 Å². The Bertz CT molecular complexity index is 2190. The van der Waals surface area contributed by atoms with Crippen LogP contribution in [0.15, 0.2) is 126 Å². The van der Waals surface area contributed by atoms with E-state index < -0.39 is 43.9 Å². The predicted octanol–water partition coefficient (Wildman–Crippen LogP) is 7.78. The molecule has 4 aromatic carbocycles. The van der Waals surface area contributed by atoms with Crippen molar-refractivity contribution in [3.8, 4) is 11.5 Å². The Morgan fingerprint density at radius 1 is 0.897 bits per heavy atom. The maximum absolute atomic E-state index is 13.6. The van der Waals surface area contributed by atoms with Crippen LogP contribution < -0.4 is 20.5 Å². The van der Waals surface area contributed by atoms with Gasteiger partial charge in [0.1, 0.15) is 40.9 Å². The summed E-state index contributed by atoms with van der Waals surface area (Å²) in [5, 5.41) is 2.72. The molecule has 12 nitrogen and oxygen atoms in total. The van der Waals surface area contributed by atoms with Crippen LogP contribution in [-0.4, -0.2) is 65.7 Å². The predicted molar refractivity (Wildman–Crippen MR) is 221 cm³/mol. The summed E-state index contributed by atoms with van der Waals surface area (Å²) in [7, 11) is 1.80. The zero-order valence-corrected chi connectivity index (χ0v) is 34.2. The highest BCUT2D eigenvalue weighted by Crippen LogP contribution is 2.65. The number of anilines is 1. The molecule has 0 saturated carbocycles. The van der Waals surface area contributed by atoms with Crippen molar-refractivity contribution in [3.63, 3.8) is 0 Å². The van der Waals surface area contributed by atoms with E-state index in [0.29, 0.717) is 6.42 Å². The Morgan fingerprint density at radius 2 is 1.50 bits per heavy atom. The number of nitrogens with one attached hydrogen (secondary N) is 1. The van der Waals surface area contributed by atoms with E-state index in [9.17, 15) is 9.59 Å². The average molecular weight is 805 g/mol. The fourth-order valence-electron chi connectivity index (χ4n) is 8.00. The van der Waals surface area contributed by atoms with Gasteiger partial charge in [-0.15, -0.1) is 0 Å². The van der Waals surface area contributed by atoms with E-state index in [0.717, 1.165) is 46.7 Å². The van der Waals surface area contributed by atoms with Gasteiger partial charge in [0.05, 0.1) is 33.0 Å². The van der Waals surface area contributed by atoms with Crippen molar-refractivity contribution >= 4 is 20.3 Å². The summed E-state index contributed by atoms with van der Waals surface area (Å²) in [6.07, 6.45) is 1.04. The lowest BCUT2D eigenvalue weighted by Gasteiger charge is -2.40. The van der Waals surface area contributed by atoms with Crippen LogP contribution in [0.25, 0.3) is 0 Å². The normalized spacial score (nSPS) is 24.3. The Hall–Kier alpha value is -4.94. The van der Waals surface area contributed by atoms with Crippen LogP contribution in [-0.2, 0) is 34.5 Å². The summed E-state index contributed by atoms with van der Waals surface area (Å²) in [4.78, 5) is 30.1. The number of hydrogen-bond donors (Lipinski definition) is 1. The molecule has 0 bridgehead atoms. The third-order valence-corrected chi connectivity index (χ3v) is 13.3. The van der Waals surface area contributed by atoms with Crippen molar-refractivity contribution < 1.29 is 32.8 Å². The highest BCUT2D eigenvalue weighted by Gasteiger charge is 2.58. The molecule has 3 aliphatic heterocycles. The number of methoxy groups -OCH3 is 2. The third-order valence-electron chi connectivity index (χ3n) is 11.4. The van der Waals surface area contributed by atoms with Crippen LogP contribution >= 0.6 is 8.53 Å². The SMILES string of the molecule is COc1ccc(C(OC[C@H]2O[C@@H](n3ccc(NC(=O)C(C)C)nc3=O)C[C@@H]2OP2O[C@](C)(c3ccccc3)[C@@H]3CCN32)(c2ccccc2)c2ccc(OC)cc2)cc1. The monoisotopic (exact) mass is 804 g/mol. The molecule has 0 spiro atoms. The molecule has 302 valence electrons. The smallest absolute Gasteiger partial charge is 0.351 e. The molecule has 5 aromatic rings. The zero-order valence-electron chi connectivity index (χ0n) is 33.3. The number of ether oxygens (including phenoxy) is 4. The Labute approximate surface area is 340 Å². The van der Waals surface area contributed by atoms with Crippen molar-refractivity contribution in [2.75, 3.05) is 32.7 Å². The molecule has 3 aliphatic rings. The van der Waals surface area contributed by atoms with Crippen LogP contribution in [0, 0.1) is 5.92 Å². The Kier molecular flexibility index (Phi) is 11.5.